The van der Waals surface area contributed by atoms with Gasteiger partial charge < -0.3 is 10.6 Å². The molecule has 0 saturated carbocycles. The number of benzene rings is 2. The van der Waals surface area contributed by atoms with E-state index in [-0.39, 0.29) is 30.4 Å². The zero-order chi connectivity index (χ0) is 21.5. The van der Waals surface area contributed by atoms with E-state index in [1.165, 1.54) is 0 Å². The fourth-order valence-corrected chi connectivity index (χ4v) is 3.69. The molecule has 1 fully saturated rings. The zero-order valence-corrected chi connectivity index (χ0v) is 17.3. The number of carbonyl (C=O) groups is 4. The van der Waals surface area contributed by atoms with Gasteiger partial charge in [0.05, 0.1) is 11.4 Å². The maximum Gasteiger partial charge on any atom is 0.293 e. The molecule has 0 radical (unpaired) electrons. The van der Waals surface area contributed by atoms with Crippen molar-refractivity contribution in [3.05, 3.63) is 75.7 Å². The molecule has 2 aromatic carbocycles. The van der Waals surface area contributed by atoms with Crippen LogP contribution in [0.25, 0.3) is 6.08 Å². The lowest BCUT2D eigenvalue weighted by atomic mass is 10.2. The van der Waals surface area contributed by atoms with Crippen LogP contribution in [-0.4, -0.2) is 47.5 Å². The minimum atomic E-state index is -0.434. The van der Waals surface area contributed by atoms with Gasteiger partial charge in [0.1, 0.15) is 0 Å². The fourth-order valence-electron chi connectivity index (χ4n) is 2.65. The molecule has 1 aliphatic heterocycles. The number of nitrogens with zero attached hydrogens (tertiary/aromatic N) is 1. The summed E-state index contributed by atoms with van der Waals surface area (Å²) in [7, 11) is 0. The van der Waals surface area contributed by atoms with Crippen molar-refractivity contribution < 1.29 is 19.2 Å². The predicted molar refractivity (Wildman–Crippen MR) is 116 cm³/mol. The Bertz CT molecular complexity index is 1010. The molecular weight excluding hydrogens is 426 g/mol. The second-order valence-electron chi connectivity index (χ2n) is 6.25. The van der Waals surface area contributed by atoms with E-state index in [4.69, 9.17) is 11.6 Å². The first kappa shape index (κ1) is 21.6. The van der Waals surface area contributed by atoms with Gasteiger partial charge in [-0.2, -0.15) is 0 Å². The third-order valence-corrected chi connectivity index (χ3v) is 5.42. The summed E-state index contributed by atoms with van der Waals surface area (Å²) in [6.45, 7) is -0.0949. The second kappa shape index (κ2) is 10.1. The van der Waals surface area contributed by atoms with Crippen molar-refractivity contribution in [3.8, 4) is 0 Å². The van der Waals surface area contributed by atoms with Gasteiger partial charge in [0.2, 0.25) is 5.91 Å². The maximum absolute atomic E-state index is 12.5. The lowest BCUT2D eigenvalue weighted by molar-refractivity contribution is -0.124. The Kier molecular flexibility index (Phi) is 7.26. The van der Waals surface area contributed by atoms with Crippen molar-refractivity contribution in [2.75, 3.05) is 19.6 Å². The van der Waals surface area contributed by atoms with Gasteiger partial charge in [-0.25, -0.2) is 0 Å². The third kappa shape index (κ3) is 5.49. The number of rotatable bonds is 7. The highest BCUT2D eigenvalue weighted by Crippen LogP contribution is 2.33. The highest BCUT2D eigenvalue weighted by Gasteiger charge is 2.34. The summed E-state index contributed by atoms with van der Waals surface area (Å²) < 4.78 is 0. The van der Waals surface area contributed by atoms with Crippen molar-refractivity contribution in [2.24, 2.45) is 0 Å². The molecule has 154 valence electrons. The molecule has 0 spiro atoms. The van der Waals surface area contributed by atoms with Crippen LogP contribution in [0.2, 0.25) is 5.02 Å². The van der Waals surface area contributed by atoms with Crippen LogP contribution in [0.15, 0.2) is 59.5 Å². The van der Waals surface area contributed by atoms with Gasteiger partial charge in [0.15, 0.2) is 0 Å². The van der Waals surface area contributed by atoms with Gasteiger partial charge in [0, 0.05) is 23.7 Å². The van der Waals surface area contributed by atoms with E-state index in [2.05, 4.69) is 10.6 Å². The van der Waals surface area contributed by atoms with E-state index in [9.17, 15) is 19.2 Å². The Morgan fingerprint density at radius 1 is 1.00 bits per heavy atom. The summed E-state index contributed by atoms with van der Waals surface area (Å²) in [5, 5.41) is 5.16. The zero-order valence-electron chi connectivity index (χ0n) is 15.8. The SMILES string of the molecule is O=C(CNC(=O)c1ccccc1)NCCN1C(=O)S/C(=C/c2ccccc2Cl)C1=O. The number of imide groups is 1. The normalized spacial score (nSPS) is 14.8. The van der Waals surface area contributed by atoms with Gasteiger partial charge >= 0.3 is 0 Å². The molecule has 0 bridgehead atoms. The lowest BCUT2D eigenvalue weighted by Gasteiger charge is -2.13. The Morgan fingerprint density at radius 3 is 2.43 bits per heavy atom. The van der Waals surface area contributed by atoms with Gasteiger partial charge in [-0.1, -0.05) is 48.0 Å². The molecule has 4 amide bonds. The number of nitrogens with one attached hydrogen (secondary N) is 2. The van der Waals surface area contributed by atoms with E-state index in [1.54, 1.807) is 60.7 Å². The number of hydrogen-bond donors (Lipinski definition) is 2. The van der Waals surface area contributed by atoms with E-state index >= 15 is 0 Å². The van der Waals surface area contributed by atoms with Crippen LogP contribution in [0.5, 0.6) is 0 Å². The number of amides is 4. The summed E-state index contributed by atoms with van der Waals surface area (Å²) in [5.41, 5.74) is 1.10. The van der Waals surface area contributed by atoms with Crippen LogP contribution in [0.3, 0.4) is 0 Å². The van der Waals surface area contributed by atoms with E-state index in [0.29, 0.717) is 16.1 Å². The van der Waals surface area contributed by atoms with Crippen LogP contribution >= 0.6 is 23.4 Å². The van der Waals surface area contributed by atoms with Crippen LogP contribution < -0.4 is 10.6 Å². The Balaban J connectivity index is 1.47. The molecule has 0 aromatic heterocycles. The summed E-state index contributed by atoms with van der Waals surface area (Å²) in [4.78, 5) is 49.8. The molecule has 2 aromatic rings. The van der Waals surface area contributed by atoms with E-state index < -0.39 is 17.1 Å². The topological polar surface area (TPSA) is 95.6 Å². The first-order valence-electron chi connectivity index (χ1n) is 9.05. The molecular formula is C21H18ClN3O4S. The molecule has 7 nitrogen and oxygen atoms in total. The first-order valence-corrected chi connectivity index (χ1v) is 10.2. The number of carbonyl (C=O) groups excluding carboxylic acids is 4. The maximum atomic E-state index is 12.5. The Labute approximate surface area is 182 Å². The van der Waals surface area contributed by atoms with Crippen LogP contribution in [0.4, 0.5) is 4.79 Å². The molecule has 2 N–H and O–H groups in total. The second-order valence-corrected chi connectivity index (χ2v) is 7.65. The summed E-state index contributed by atoms with van der Waals surface area (Å²) in [5.74, 6) is -1.21. The molecule has 1 aliphatic rings. The third-order valence-electron chi connectivity index (χ3n) is 4.17. The predicted octanol–water partition coefficient (Wildman–Crippen LogP) is 2.92. The molecule has 9 heteroatoms. The first-order chi connectivity index (χ1) is 14.5. The van der Waals surface area contributed by atoms with E-state index in [0.717, 1.165) is 16.7 Å². The minimum Gasteiger partial charge on any atom is -0.353 e. The molecule has 30 heavy (non-hydrogen) atoms. The summed E-state index contributed by atoms with van der Waals surface area (Å²) in [6.07, 6.45) is 1.57. The average molecular weight is 444 g/mol. The van der Waals surface area contributed by atoms with Crippen molar-refractivity contribution in [1.82, 2.24) is 15.5 Å². The van der Waals surface area contributed by atoms with Crippen molar-refractivity contribution in [2.45, 2.75) is 0 Å². The van der Waals surface area contributed by atoms with Gasteiger partial charge in [0.25, 0.3) is 17.1 Å². The van der Waals surface area contributed by atoms with Crippen molar-refractivity contribution >= 4 is 52.4 Å². The average Bonchev–Trinajstić information content (AvgIpc) is 3.01. The van der Waals surface area contributed by atoms with Gasteiger partial charge in [-0.05, 0) is 41.6 Å². The quantitative estimate of drug-likeness (QED) is 0.641. The molecule has 0 atom stereocenters. The molecule has 0 aliphatic carbocycles. The minimum absolute atomic E-state index is 0.0307. The van der Waals surface area contributed by atoms with Gasteiger partial charge in [-0.15, -0.1) is 0 Å². The standard InChI is InChI=1S/C21H18ClN3O4S/c22-16-9-5-4-8-15(16)12-17-20(28)25(21(29)30-17)11-10-23-18(26)13-24-19(27)14-6-2-1-3-7-14/h1-9,12H,10-11,13H2,(H,23,26)(H,24,27)/b17-12+. The largest absolute Gasteiger partial charge is 0.353 e. The van der Waals surface area contributed by atoms with E-state index in [1.807, 2.05) is 0 Å². The highest BCUT2D eigenvalue weighted by molar-refractivity contribution is 8.18. The molecule has 1 heterocycles. The van der Waals surface area contributed by atoms with Gasteiger partial charge in [-0.3, -0.25) is 24.1 Å². The Morgan fingerprint density at radius 2 is 1.70 bits per heavy atom. The number of halogens is 1. The van der Waals surface area contributed by atoms with Crippen molar-refractivity contribution in [1.29, 1.82) is 0 Å². The molecule has 0 unspecified atom stereocenters. The number of hydrogen-bond acceptors (Lipinski definition) is 5. The summed E-state index contributed by atoms with van der Waals surface area (Å²) >= 11 is 6.92. The summed E-state index contributed by atoms with van der Waals surface area (Å²) in [6, 6.07) is 15.5. The number of thioether (sulfide) groups is 1. The smallest absolute Gasteiger partial charge is 0.293 e. The van der Waals surface area contributed by atoms with Crippen LogP contribution in [0.1, 0.15) is 15.9 Å². The lowest BCUT2D eigenvalue weighted by Crippen LogP contribution is -2.41. The molecule has 3 rings (SSSR count). The molecule has 1 saturated heterocycles. The fraction of sp³-hybridized carbons (Fsp3) is 0.143. The van der Waals surface area contributed by atoms with Crippen molar-refractivity contribution in [3.63, 3.8) is 0 Å². The van der Waals surface area contributed by atoms with Crippen LogP contribution in [0, 0.1) is 0 Å². The highest BCUT2D eigenvalue weighted by atomic mass is 35.5. The Hall–Kier alpha value is -3.10. The monoisotopic (exact) mass is 443 g/mol. The van der Waals surface area contributed by atoms with Crippen LogP contribution in [-0.2, 0) is 9.59 Å².